The van der Waals surface area contributed by atoms with Gasteiger partial charge in [-0.3, -0.25) is 4.98 Å². The van der Waals surface area contributed by atoms with Crippen LogP contribution in [0.1, 0.15) is 72.4 Å². The molecule has 1 aromatic heterocycles. The number of hydrogen-bond donors (Lipinski definition) is 1. The second kappa shape index (κ2) is 8.66. The number of aromatic nitrogens is 1. The molecule has 1 aliphatic rings. The molecular weight excluding hydrogens is 418 g/mol. The van der Waals surface area contributed by atoms with Crippen molar-refractivity contribution in [2.75, 3.05) is 0 Å². The molecular formula is C26H25F4NO. The van der Waals surface area contributed by atoms with Gasteiger partial charge in [-0.1, -0.05) is 38.1 Å². The first-order chi connectivity index (χ1) is 15.1. The third kappa shape index (κ3) is 4.42. The van der Waals surface area contributed by atoms with E-state index in [0.29, 0.717) is 12.8 Å². The third-order valence-electron chi connectivity index (χ3n) is 6.01. The van der Waals surface area contributed by atoms with E-state index in [2.05, 4.69) is 0 Å². The number of pyridine rings is 1. The summed E-state index contributed by atoms with van der Waals surface area (Å²) in [6.07, 6.45) is -2.51. The zero-order valence-corrected chi connectivity index (χ0v) is 18.0. The van der Waals surface area contributed by atoms with Gasteiger partial charge < -0.3 is 5.11 Å². The molecule has 1 heterocycles. The van der Waals surface area contributed by atoms with E-state index in [9.17, 15) is 22.7 Å². The van der Waals surface area contributed by atoms with E-state index in [4.69, 9.17) is 4.98 Å². The van der Waals surface area contributed by atoms with Crippen LogP contribution in [0.25, 0.3) is 11.1 Å². The van der Waals surface area contributed by atoms with Gasteiger partial charge in [0.2, 0.25) is 0 Å². The van der Waals surface area contributed by atoms with Gasteiger partial charge in [0.05, 0.1) is 11.7 Å². The monoisotopic (exact) mass is 443 g/mol. The average molecular weight is 443 g/mol. The molecule has 0 radical (unpaired) electrons. The molecule has 6 heteroatoms. The van der Waals surface area contributed by atoms with E-state index < -0.39 is 17.8 Å². The van der Waals surface area contributed by atoms with Crippen LogP contribution in [-0.4, -0.2) is 10.1 Å². The highest BCUT2D eigenvalue weighted by Gasteiger charge is 2.31. The van der Waals surface area contributed by atoms with Crippen molar-refractivity contribution in [3.63, 3.8) is 0 Å². The van der Waals surface area contributed by atoms with Crippen LogP contribution in [0.2, 0.25) is 0 Å². The maximum atomic E-state index is 13.7. The highest BCUT2D eigenvalue weighted by molar-refractivity contribution is 5.74. The van der Waals surface area contributed by atoms with Crippen molar-refractivity contribution in [2.45, 2.75) is 57.7 Å². The maximum Gasteiger partial charge on any atom is 0.416 e. The fraction of sp³-hybridized carbons (Fsp3) is 0.346. The van der Waals surface area contributed by atoms with Crippen molar-refractivity contribution in [1.82, 2.24) is 4.98 Å². The van der Waals surface area contributed by atoms with Crippen molar-refractivity contribution in [2.24, 2.45) is 0 Å². The van der Waals surface area contributed by atoms with E-state index in [-0.39, 0.29) is 11.7 Å². The number of aliphatic hydroxyl groups excluding tert-OH is 1. The summed E-state index contributed by atoms with van der Waals surface area (Å²) in [4.78, 5) is 4.91. The van der Waals surface area contributed by atoms with Crippen LogP contribution < -0.4 is 0 Å². The lowest BCUT2D eigenvalue weighted by atomic mass is 9.81. The Morgan fingerprint density at radius 1 is 1.03 bits per heavy atom. The molecule has 2 aromatic carbocycles. The van der Waals surface area contributed by atoms with Gasteiger partial charge in [-0.2, -0.15) is 13.2 Å². The summed E-state index contributed by atoms with van der Waals surface area (Å²) >= 11 is 0. The van der Waals surface area contributed by atoms with Crippen molar-refractivity contribution in [3.8, 4) is 11.1 Å². The second-order valence-corrected chi connectivity index (χ2v) is 8.65. The van der Waals surface area contributed by atoms with Crippen LogP contribution in [0, 0.1) is 5.82 Å². The van der Waals surface area contributed by atoms with Gasteiger partial charge in [-0.25, -0.2) is 4.39 Å². The number of halogens is 4. The third-order valence-corrected chi connectivity index (χ3v) is 6.01. The first-order valence-electron chi connectivity index (χ1n) is 10.8. The standard InChI is InChI=1S/C26H25F4NO/c1-15(2)25-20(14-16-6-10-18(11-7-16)26(28,29)30)23(17-8-12-19(27)13-9-17)24-21(31-25)4-3-5-22(24)32/h6-13,15,22,32H,3-5,14H2,1-2H3. The first kappa shape index (κ1) is 22.5. The number of nitrogens with zero attached hydrogens (tertiary/aromatic N) is 1. The molecule has 0 aliphatic heterocycles. The van der Waals surface area contributed by atoms with E-state index in [1.54, 1.807) is 12.1 Å². The normalized spacial score (nSPS) is 16.3. The maximum absolute atomic E-state index is 13.7. The molecule has 1 N–H and O–H groups in total. The Kier molecular flexibility index (Phi) is 6.08. The zero-order chi connectivity index (χ0) is 23.0. The molecule has 3 aromatic rings. The Morgan fingerprint density at radius 2 is 1.69 bits per heavy atom. The highest BCUT2D eigenvalue weighted by atomic mass is 19.4. The van der Waals surface area contributed by atoms with Crippen LogP contribution in [-0.2, 0) is 19.0 Å². The number of aliphatic hydroxyl groups is 1. The van der Waals surface area contributed by atoms with Gasteiger partial charge in [-0.15, -0.1) is 0 Å². The predicted molar refractivity (Wildman–Crippen MR) is 116 cm³/mol. The van der Waals surface area contributed by atoms with Crippen LogP contribution in [0.3, 0.4) is 0 Å². The Morgan fingerprint density at radius 3 is 2.28 bits per heavy atom. The predicted octanol–water partition coefficient (Wildman–Crippen LogP) is 6.99. The number of aryl methyl sites for hydroxylation is 1. The van der Waals surface area contributed by atoms with Crippen molar-refractivity contribution in [1.29, 1.82) is 0 Å². The summed E-state index contributed by atoms with van der Waals surface area (Å²) in [6, 6.07) is 11.3. The van der Waals surface area contributed by atoms with E-state index in [0.717, 1.165) is 64.2 Å². The lowest BCUT2D eigenvalue weighted by molar-refractivity contribution is -0.137. The molecule has 168 valence electrons. The van der Waals surface area contributed by atoms with Crippen LogP contribution in [0.15, 0.2) is 48.5 Å². The SMILES string of the molecule is CC(C)c1nc2c(c(-c3ccc(F)cc3)c1Cc1ccc(C(F)(F)F)cc1)C(O)CCC2. The molecule has 0 fully saturated rings. The van der Waals surface area contributed by atoms with Crippen LogP contribution in [0.5, 0.6) is 0 Å². The van der Waals surface area contributed by atoms with E-state index in [1.165, 1.54) is 24.3 Å². The second-order valence-electron chi connectivity index (χ2n) is 8.65. The zero-order valence-electron chi connectivity index (χ0n) is 18.0. The van der Waals surface area contributed by atoms with Gasteiger partial charge in [0.15, 0.2) is 0 Å². The number of benzene rings is 2. The highest BCUT2D eigenvalue weighted by Crippen LogP contribution is 2.42. The molecule has 32 heavy (non-hydrogen) atoms. The number of rotatable bonds is 4. The average Bonchev–Trinajstić information content (AvgIpc) is 2.74. The molecule has 0 bridgehead atoms. The Balaban J connectivity index is 1.91. The first-order valence-corrected chi connectivity index (χ1v) is 10.8. The van der Waals surface area contributed by atoms with Crippen molar-refractivity contribution in [3.05, 3.63) is 88.0 Å². The van der Waals surface area contributed by atoms with Gasteiger partial charge in [-0.05, 0) is 78.1 Å². The van der Waals surface area contributed by atoms with Crippen LogP contribution >= 0.6 is 0 Å². The van der Waals surface area contributed by atoms with Crippen LogP contribution in [0.4, 0.5) is 17.6 Å². The summed E-state index contributed by atoms with van der Waals surface area (Å²) in [5, 5.41) is 10.9. The molecule has 0 saturated heterocycles. The summed E-state index contributed by atoms with van der Waals surface area (Å²) in [5.74, 6) is -0.284. The largest absolute Gasteiger partial charge is 0.416 e. The van der Waals surface area contributed by atoms with Gasteiger partial charge in [0.1, 0.15) is 5.82 Å². The van der Waals surface area contributed by atoms with Crippen molar-refractivity contribution >= 4 is 0 Å². The molecule has 0 spiro atoms. The van der Waals surface area contributed by atoms with E-state index in [1.807, 2.05) is 13.8 Å². The molecule has 1 aliphatic carbocycles. The smallest absolute Gasteiger partial charge is 0.388 e. The molecule has 2 nitrogen and oxygen atoms in total. The minimum Gasteiger partial charge on any atom is -0.388 e. The molecule has 4 rings (SSSR count). The van der Waals surface area contributed by atoms with Gasteiger partial charge >= 0.3 is 6.18 Å². The molecule has 1 unspecified atom stereocenters. The molecule has 0 saturated carbocycles. The number of fused-ring (bicyclic) bond motifs is 1. The molecule has 1 atom stereocenters. The minimum absolute atomic E-state index is 0.0722. The Labute approximate surface area is 185 Å². The summed E-state index contributed by atoms with van der Waals surface area (Å²) < 4.78 is 52.6. The van der Waals surface area contributed by atoms with E-state index >= 15 is 0 Å². The Bertz CT molecular complexity index is 1100. The quantitative estimate of drug-likeness (QED) is 0.441. The Hall–Kier alpha value is -2.73. The van der Waals surface area contributed by atoms with Crippen molar-refractivity contribution < 1.29 is 22.7 Å². The fourth-order valence-electron chi connectivity index (χ4n) is 4.48. The number of alkyl halides is 3. The number of hydrogen-bond acceptors (Lipinski definition) is 2. The summed E-state index contributed by atoms with van der Waals surface area (Å²) in [5.41, 5.74) is 4.96. The van der Waals surface area contributed by atoms with Gasteiger partial charge in [0.25, 0.3) is 0 Å². The lowest BCUT2D eigenvalue weighted by Gasteiger charge is -2.29. The fourth-order valence-corrected chi connectivity index (χ4v) is 4.48. The topological polar surface area (TPSA) is 33.1 Å². The lowest BCUT2D eigenvalue weighted by Crippen LogP contribution is -2.18. The minimum atomic E-state index is -4.39. The summed E-state index contributed by atoms with van der Waals surface area (Å²) in [7, 11) is 0. The van der Waals surface area contributed by atoms with Gasteiger partial charge in [0, 0.05) is 17.0 Å². The molecule has 0 amide bonds. The summed E-state index contributed by atoms with van der Waals surface area (Å²) in [6.45, 7) is 4.05.